The molecule has 0 bridgehead atoms. The molecule has 1 atom stereocenters. The van der Waals surface area contributed by atoms with Crippen molar-refractivity contribution in [1.29, 1.82) is 0 Å². The van der Waals surface area contributed by atoms with Gasteiger partial charge in [-0.2, -0.15) is 0 Å². The minimum Gasteiger partial charge on any atom is -0.362 e. The third-order valence-electron chi connectivity index (χ3n) is 6.68. The van der Waals surface area contributed by atoms with Gasteiger partial charge < -0.3 is 10.2 Å². The monoisotopic (exact) mass is 511 g/mol. The molecule has 2 amide bonds. The second-order valence-electron chi connectivity index (χ2n) is 9.20. The van der Waals surface area contributed by atoms with Crippen molar-refractivity contribution in [3.63, 3.8) is 0 Å². The molecule has 0 spiro atoms. The predicted octanol–water partition coefficient (Wildman–Crippen LogP) is 5.42. The third-order valence-corrected chi connectivity index (χ3v) is 6.68. The Hall–Kier alpha value is -4.52. The van der Waals surface area contributed by atoms with Crippen molar-refractivity contribution in [1.82, 2.24) is 5.32 Å². The van der Waals surface area contributed by atoms with Gasteiger partial charge in [0.1, 0.15) is 17.7 Å². The van der Waals surface area contributed by atoms with Crippen LogP contribution in [0.5, 0.6) is 0 Å². The molecule has 1 aliphatic rings. The van der Waals surface area contributed by atoms with Crippen LogP contribution < -0.4 is 15.1 Å². The SMILES string of the molecule is O=C(NCc1ccccc1)C(c1ccc(F)cc1)N(C(=O)CN1CCc2ccccc21)c1ccc(F)cc1. The van der Waals surface area contributed by atoms with Crippen molar-refractivity contribution in [2.75, 3.05) is 22.9 Å². The van der Waals surface area contributed by atoms with Gasteiger partial charge in [-0.1, -0.05) is 60.7 Å². The van der Waals surface area contributed by atoms with Crippen LogP contribution in [0.4, 0.5) is 20.2 Å². The molecule has 1 unspecified atom stereocenters. The Bertz CT molecular complexity index is 1410. The van der Waals surface area contributed by atoms with Crippen molar-refractivity contribution in [2.24, 2.45) is 0 Å². The molecule has 0 aliphatic carbocycles. The third kappa shape index (κ3) is 5.57. The van der Waals surface area contributed by atoms with E-state index in [1.165, 1.54) is 53.4 Å². The van der Waals surface area contributed by atoms with E-state index in [2.05, 4.69) is 5.32 Å². The Morgan fingerprint density at radius 2 is 1.45 bits per heavy atom. The molecule has 5 rings (SSSR count). The summed E-state index contributed by atoms with van der Waals surface area (Å²) in [6.45, 7) is 0.949. The lowest BCUT2D eigenvalue weighted by molar-refractivity contribution is -0.126. The number of amides is 2. The summed E-state index contributed by atoms with van der Waals surface area (Å²) < 4.78 is 27.7. The molecule has 7 heteroatoms. The maximum atomic E-state index is 14.0. The van der Waals surface area contributed by atoms with Crippen LogP contribution in [0, 0.1) is 11.6 Å². The summed E-state index contributed by atoms with van der Waals surface area (Å²) in [6, 6.07) is 27.2. The smallest absolute Gasteiger partial charge is 0.248 e. The number of rotatable bonds is 8. The fourth-order valence-corrected chi connectivity index (χ4v) is 4.79. The summed E-state index contributed by atoms with van der Waals surface area (Å²) in [5.41, 5.74) is 3.84. The van der Waals surface area contributed by atoms with Crippen LogP contribution in [-0.2, 0) is 22.6 Å². The highest BCUT2D eigenvalue weighted by Crippen LogP contribution is 2.31. The first kappa shape index (κ1) is 25.1. The number of carbonyl (C=O) groups excluding carboxylic acids is 2. The Labute approximate surface area is 220 Å². The summed E-state index contributed by atoms with van der Waals surface area (Å²) in [6.07, 6.45) is 0.818. The summed E-state index contributed by atoms with van der Waals surface area (Å²) in [5, 5.41) is 2.92. The number of anilines is 2. The van der Waals surface area contributed by atoms with Crippen molar-refractivity contribution < 1.29 is 18.4 Å². The molecule has 192 valence electrons. The van der Waals surface area contributed by atoms with Crippen LogP contribution >= 0.6 is 0 Å². The summed E-state index contributed by atoms with van der Waals surface area (Å²) in [5.74, 6) is -1.68. The average molecular weight is 512 g/mol. The Kier molecular flexibility index (Phi) is 7.45. The highest BCUT2D eigenvalue weighted by Gasteiger charge is 2.34. The normalized spacial score (nSPS) is 13.1. The van der Waals surface area contributed by atoms with Gasteiger partial charge in [0.2, 0.25) is 11.8 Å². The highest BCUT2D eigenvalue weighted by atomic mass is 19.1. The number of hydrogen-bond donors (Lipinski definition) is 1. The fraction of sp³-hybridized carbons (Fsp3) is 0.161. The predicted molar refractivity (Wildman–Crippen MR) is 144 cm³/mol. The second-order valence-corrected chi connectivity index (χ2v) is 9.20. The first-order chi connectivity index (χ1) is 18.5. The van der Waals surface area contributed by atoms with Crippen LogP contribution in [0.1, 0.15) is 22.7 Å². The first-order valence-electron chi connectivity index (χ1n) is 12.5. The molecule has 38 heavy (non-hydrogen) atoms. The van der Waals surface area contributed by atoms with Gasteiger partial charge in [0.15, 0.2) is 0 Å². The van der Waals surface area contributed by atoms with Gasteiger partial charge in [-0.3, -0.25) is 14.5 Å². The zero-order chi connectivity index (χ0) is 26.5. The number of nitrogens with one attached hydrogen (secondary N) is 1. The quantitative estimate of drug-likeness (QED) is 0.344. The van der Waals surface area contributed by atoms with Crippen molar-refractivity contribution in [3.05, 3.63) is 131 Å². The van der Waals surface area contributed by atoms with Crippen molar-refractivity contribution in [2.45, 2.75) is 19.0 Å². The van der Waals surface area contributed by atoms with E-state index in [9.17, 15) is 18.4 Å². The zero-order valence-electron chi connectivity index (χ0n) is 20.7. The van der Waals surface area contributed by atoms with Crippen LogP contribution in [0.15, 0.2) is 103 Å². The summed E-state index contributed by atoms with van der Waals surface area (Å²) >= 11 is 0. The number of benzene rings is 4. The average Bonchev–Trinajstić information content (AvgIpc) is 3.35. The molecule has 4 aromatic carbocycles. The standard InChI is InChI=1S/C31H27F2N3O2/c32-25-12-10-24(11-13-25)30(31(38)34-20-22-6-2-1-3-7-22)36(27-16-14-26(33)15-17-27)29(37)21-35-19-18-23-8-4-5-9-28(23)35/h1-17,30H,18-21H2,(H,34,38). The molecule has 1 aliphatic heterocycles. The second kappa shape index (κ2) is 11.3. The van der Waals surface area contributed by atoms with E-state index in [0.717, 1.165) is 23.2 Å². The molecular formula is C31H27F2N3O2. The minimum absolute atomic E-state index is 0.0258. The number of hydrogen-bond acceptors (Lipinski definition) is 3. The topological polar surface area (TPSA) is 52.7 Å². The molecule has 0 radical (unpaired) electrons. The number of fused-ring (bicyclic) bond motifs is 1. The van der Waals surface area contributed by atoms with Gasteiger partial charge in [-0.05, 0) is 65.6 Å². The van der Waals surface area contributed by atoms with E-state index in [1.54, 1.807) is 0 Å². The van der Waals surface area contributed by atoms with Crippen LogP contribution in [0.25, 0.3) is 0 Å². The summed E-state index contributed by atoms with van der Waals surface area (Å²) in [4.78, 5) is 31.1. The van der Waals surface area contributed by atoms with Crippen molar-refractivity contribution in [3.8, 4) is 0 Å². The van der Waals surface area contributed by atoms with Gasteiger partial charge >= 0.3 is 0 Å². The molecule has 4 aromatic rings. The number of nitrogens with zero attached hydrogens (tertiary/aromatic N) is 2. The van der Waals surface area contributed by atoms with E-state index in [4.69, 9.17) is 0 Å². The van der Waals surface area contributed by atoms with Crippen molar-refractivity contribution >= 4 is 23.2 Å². The molecule has 0 fully saturated rings. The molecule has 0 saturated carbocycles. The van der Waals surface area contributed by atoms with E-state index in [1.807, 2.05) is 59.5 Å². The summed E-state index contributed by atoms with van der Waals surface area (Å²) in [7, 11) is 0. The van der Waals surface area contributed by atoms with Gasteiger partial charge in [0.05, 0.1) is 6.54 Å². The van der Waals surface area contributed by atoms with E-state index in [0.29, 0.717) is 17.8 Å². The zero-order valence-corrected chi connectivity index (χ0v) is 20.7. The maximum Gasteiger partial charge on any atom is 0.248 e. The first-order valence-corrected chi connectivity index (χ1v) is 12.5. The molecule has 0 aromatic heterocycles. The minimum atomic E-state index is -1.10. The van der Waals surface area contributed by atoms with E-state index in [-0.39, 0.29) is 19.0 Å². The van der Waals surface area contributed by atoms with Crippen LogP contribution in [0.3, 0.4) is 0 Å². The number of para-hydroxylation sites is 1. The highest BCUT2D eigenvalue weighted by molar-refractivity contribution is 6.03. The van der Waals surface area contributed by atoms with Gasteiger partial charge in [0.25, 0.3) is 0 Å². The lowest BCUT2D eigenvalue weighted by Crippen LogP contribution is -2.47. The fourth-order valence-electron chi connectivity index (χ4n) is 4.79. The van der Waals surface area contributed by atoms with Crippen LogP contribution in [0.2, 0.25) is 0 Å². The van der Waals surface area contributed by atoms with Gasteiger partial charge in [0, 0.05) is 24.5 Å². The van der Waals surface area contributed by atoms with Gasteiger partial charge in [-0.15, -0.1) is 0 Å². The molecule has 1 N–H and O–H groups in total. The lowest BCUT2D eigenvalue weighted by atomic mass is 10.0. The van der Waals surface area contributed by atoms with E-state index < -0.39 is 23.6 Å². The number of halogens is 2. The Balaban J connectivity index is 1.51. The molecular weight excluding hydrogens is 484 g/mol. The Morgan fingerprint density at radius 1 is 0.816 bits per heavy atom. The lowest BCUT2D eigenvalue weighted by Gasteiger charge is -2.33. The van der Waals surface area contributed by atoms with E-state index >= 15 is 0 Å². The molecule has 0 saturated heterocycles. The largest absolute Gasteiger partial charge is 0.362 e. The molecule has 5 nitrogen and oxygen atoms in total. The maximum absolute atomic E-state index is 14.0. The Morgan fingerprint density at radius 3 is 2.16 bits per heavy atom. The van der Waals surface area contributed by atoms with Gasteiger partial charge in [-0.25, -0.2) is 8.78 Å². The number of carbonyl (C=O) groups is 2. The van der Waals surface area contributed by atoms with Crippen LogP contribution in [-0.4, -0.2) is 24.9 Å². The molecule has 1 heterocycles.